The van der Waals surface area contributed by atoms with Crippen molar-refractivity contribution in [3.05, 3.63) is 93.3 Å². The minimum Gasteiger partial charge on any atom is -0.503 e. The minimum absolute atomic E-state index is 0.0192. The van der Waals surface area contributed by atoms with Gasteiger partial charge in [0, 0.05) is 0 Å². The molecular weight excluding hydrogens is 488 g/mol. The van der Waals surface area contributed by atoms with Crippen molar-refractivity contribution in [1.82, 2.24) is 4.90 Å². The zero-order chi connectivity index (χ0) is 22.7. The highest BCUT2D eigenvalue weighted by Gasteiger charge is 2.37. The Labute approximate surface area is 199 Å². The van der Waals surface area contributed by atoms with Gasteiger partial charge in [0.05, 0.1) is 28.2 Å². The molecule has 1 heterocycles. The van der Waals surface area contributed by atoms with Crippen molar-refractivity contribution in [2.75, 3.05) is 7.11 Å². The standard InChI is InChI=1S/C25H21BrN2O3S/c1-16(18-9-5-3-6-10-18)28-24(30)22(32-25(28)27-19-11-7-4-8-12-19)15-17-13-20(26)23(29)21(14-17)31-2/h3-16,29H,1-2H3/b22-15+,27-25?/t16-/m0/s1. The van der Waals surface area contributed by atoms with Crippen LogP contribution in [0.3, 0.4) is 0 Å². The number of hydrogen-bond acceptors (Lipinski definition) is 5. The number of thioether (sulfide) groups is 1. The average Bonchev–Trinajstić information content (AvgIpc) is 3.11. The normalized spacial score (nSPS) is 17.2. The summed E-state index contributed by atoms with van der Waals surface area (Å²) < 4.78 is 5.73. The molecule has 0 saturated carbocycles. The van der Waals surface area contributed by atoms with Crippen LogP contribution in [-0.2, 0) is 4.79 Å². The van der Waals surface area contributed by atoms with Gasteiger partial charge < -0.3 is 9.84 Å². The molecule has 3 aromatic rings. The Hall–Kier alpha value is -3.03. The molecule has 0 bridgehead atoms. The monoisotopic (exact) mass is 508 g/mol. The van der Waals surface area contributed by atoms with E-state index in [1.54, 1.807) is 23.1 Å². The number of para-hydroxylation sites is 1. The quantitative estimate of drug-likeness (QED) is 0.398. The van der Waals surface area contributed by atoms with Gasteiger partial charge in [0.15, 0.2) is 16.7 Å². The zero-order valence-corrected chi connectivity index (χ0v) is 19.9. The second-order valence-corrected chi connectivity index (χ2v) is 9.02. The van der Waals surface area contributed by atoms with Gasteiger partial charge in [0.25, 0.3) is 5.91 Å². The summed E-state index contributed by atoms with van der Waals surface area (Å²) in [5.74, 6) is 0.226. The third-order valence-electron chi connectivity index (χ3n) is 5.06. The molecule has 1 atom stereocenters. The number of benzene rings is 3. The Morgan fingerprint density at radius 1 is 1.09 bits per heavy atom. The maximum atomic E-state index is 13.5. The first-order valence-electron chi connectivity index (χ1n) is 9.96. The number of phenolic OH excluding ortho intramolecular Hbond substituents is 1. The third kappa shape index (κ3) is 4.59. The lowest BCUT2D eigenvalue weighted by Gasteiger charge is -2.24. The molecule has 1 N–H and O–H groups in total. The molecule has 32 heavy (non-hydrogen) atoms. The van der Waals surface area contributed by atoms with Crippen molar-refractivity contribution in [1.29, 1.82) is 0 Å². The molecule has 0 radical (unpaired) electrons. The van der Waals surface area contributed by atoms with Crippen LogP contribution in [0, 0.1) is 0 Å². The number of carbonyl (C=O) groups is 1. The molecule has 1 amide bonds. The van der Waals surface area contributed by atoms with Crippen molar-refractivity contribution in [3.8, 4) is 11.5 Å². The van der Waals surface area contributed by atoms with Crippen LogP contribution in [0.4, 0.5) is 5.69 Å². The van der Waals surface area contributed by atoms with Crippen LogP contribution in [0.2, 0.25) is 0 Å². The Morgan fingerprint density at radius 3 is 2.41 bits per heavy atom. The van der Waals surface area contributed by atoms with Crippen molar-refractivity contribution in [2.45, 2.75) is 13.0 Å². The van der Waals surface area contributed by atoms with Crippen molar-refractivity contribution < 1.29 is 14.6 Å². The number of aliphatic imine (C=N–C) groups is 1. The fourth-order valence-corrected chi connectivity index (χ4v) is 4.91. The van der Waals surface area contributed by atoms with Crippen LogP contribution < -0.4 is 4.74 Å². The maximum Gasteiger partial charge on any atom is 0.267 e. The molecule has 0 spiro atoms. The SMILES string of the molecule is COc1cc(/C=C2/SC(=Nc3ccccc3)N([C@@H](C)c3ccccc3)C2=O)cc(Br)c1O. The summed E-state index contributed by atoms with van der Waals surface area (Å²) in [5, 5.41) is 10.7. The number of halogens is 1. The van der Waals surface area contributed by atoms with E-state index in [4.69, 9.17) is 9.73 Å². The number of nitrogens with zero attached hydrogens (tertiary/aromatic N) is 2. The van der Waals surface area contributed by atoms with E-state index in [-0.39, 0.29) is 17.7 Å². The average molecular weight is 509 g/mol. The predicted octanol–water partition coefficient (Wildman–Crippen LogP) is 6.53. The number of phenols is 1. The van der Waals surface area contributed by atoms with Gasteiger partial charge in [-0.1, -0.05) is 48.5 Å². The Kier molecular flexibility index (Phi) is 6.67. The van der Waals surface area contributed by atoms with Crippen molar-refractivity contribution >= 4 is 50.5 Å². The fourth-order valence-electron chi connectivity index (χ4n) is 3.38. The van der Waals surface area contributed by atoms with E-state index < -0.39 is 0 Å². The maximum absolute atomic E-state index is 13.5. The van der Waals surface area contributed by atoms with E-state index in [9.17, 15) is 9.90 Å². The number of methoxy groups -OCH3 is 1. The highest BCUT2D eigenvalue weighted by Crippen LogP contribution is 2.41. The lowest BCUT2D eigenvalue weighted by molar-refractivity contribution is -0.123. The van der Waals surface area contributed by atoms with Crippen LogP contribution in [0.5, 0.6) is 11.5 Å². The second-order valence-electron chi connectivity index (χ2n) is 7.16. The predicted molar refractivity (Wildman–Crippen MR) is 133 cm³/mol. The summed E-state index contributed by atoms with van der Waals surface area (Å²) in [6.07, 6.45) is 1.79. The highest BCUT2D eigenvalue weighted by molar-refractivity contribution is 9.10. The molecule has 162 valence electrons. The van der Waals surface area contributed by atoms with Crippen LogP contribution in [-0.4, -0.2) is 28.2 Å². The number of hydrogen-bond donors (Lipinski definition) is 1. The van der Waals surface area contributed by atoms with Gasteiger partial charge in [0.1, 0.15) is 0 Å². The van der Waals surface area contributed by atoms with Gasteiger partial charge in [-0.05, 0) is 76.1 Å². The summed E-state index contributed by atoms with van der Waals surface area (Å²) in [6.45, 7) is 2.00. The lowest BCUT2D eigenvalue weighted by atomic mass is 10.1. The third-order valence-corrected chi connectivity index (χ3v) is 6.64. The summed E-state index contributed by atoms with van der Waals surface area (Å²) in [5.41, 5.74) is 2.54. The second kappa shape index (κ2) is 9.63. The van der Waals surface area contributed by atoms with Gasteiger partial charge in [0.2, 0.25) is 0 Å². The number of aromatic hydroxyl groups is 1. The molecule has 3 aromatic carbocycles. The smallest absolute Gasteiger partial charge is 0.267 e. The highest BCUT2D eigenvalue weighted by atomic mass is 79.9. The van der Waals surface area contributed by atoms with E-state index in [1.165, 1.54) is 18.9 Å². The van der Waals surface area contributed by atoms with Crippen molar-refractivity contribution in [2.24, 2.45) is 4.99 Å². The summed E-state index contributed by atoms with van der Waals surface area (Å²) in [6, 6.07) is 22.7. The number of carbonyl (C=O) groups excluding carboxylic acids is 1. The molecule has 1 saturated heterocycles. The molecular formula is C25H21BrN2O3S. The van der Waals surface area contributed by atoms with E-state index in [0.717, 1.165) is 16.8 Å². The first-order chi connectivity index (χ1) is 15.5. The molecule has 0 unspecified atom stereocenters. The minimum atomic E-state index is -0.189. The van der Waals surface area contributed by atoms with E-state index in [1.807, 2.05) is 67.6 Å². The molecule has 1 fully saturated rings. The summed E-state index contributed by atoms with van der Waals surface area (Å²) in [4.78, 5) is 20.5. The first kappa shape index (κ1) is 22.2. The molecule has 1 aliphatic heterocycles. The van der Waals surface area contributed by atoms with E-state index in [0.29, 0.717) is 20.3 Å². The Balaban J connectivity index is 1.76. The van der Waals surface area contributed by atoms with E-state index in [2.05, 4.69) is 15.9 Å². The molecule has 5 nitrogen and oxygen atoms in total. The van der Waals surface area contributed by atoms with Crippen LogP contribution in [0.15, 0.2) is 87.2 Å². The fraction of sp³-hybridized carbons (Fsp3) is 0.120. The van der Waals surface area contributed by atoms with E-state index >= 15 is 0 Å². The van der Waals surface area contributed by atoms with Crippen LogP contribution >= 0.6 is 27.7 Å². The number of amides is 1. The van der Waals surface area contributed by atoms with Crippen LogP contribution in [0.25, 0.3) is 6.08 Å². The van der Waals surface area contributed by atoms with Gasteiger partial charge in [-0.2, -0.15) is 0 Å². The molecule has 0 aliphatic carbocycles. The summed E-state index contributed by atoms with van der Waals surface area (Å²) >= 11 is 4.67. The lowest BCUT2D eigenvalue weighted by Crippen LogP contribution is -2.32. The van der Waals surface area contributed by atoms with Crippen LogP contribution in [0.1, 0.15) is 24.1 Å². The Bertz CT molecular complexity index is 1200. The largest absolute Gasteiger partial charge is 0.503 e. The van der Waals surface area contributed by atoms with Gasteiger partial charge in [-0.25, -0.2) is 4.99 Å². The number of amidine groups is 1. The molecule has 1 aliphatic rings. The molecule has 0 aromatic heterocycles. The van der Waals surface area contributed by atoms with Crippen molar-refractivity contribution in [3.63, 3.8) is 0 Å². The molecule has 7 heteroatoms. The van der Waals surface area contributed by atoms with Gasteiger partial charge >= 0.3 is 0 Å². The summed E-state index contributed by atoms with van der Waals surface area (Å²) in [7, 11) is 1.49. The Morgan fingerprint density at radius 2 is 1.75 bits per heavy atom. The number of rotatable bonds is 5. The van der Waals surface area contributed by atoms with Gasteiger partial charge in [-0.15, -0.1) is 0 Å². The zero-order valence-electron chi connectivity index (χ0n) is 17.5. The first-order valence-corrected chi connectivity index (χ1v) is 11.6. The topological polar surface area (TPSA) is 62.1 Å². The number of ether oxygens (including phenoxy) is 1. The van der Waals surface area contributed by atoms with Gasteiger partial charge in [-0.3, -0.25) is 9.69 Å². The molecule has 4 rings (SSSR count).